The number of aryl methyl sites for hydroxylation is 2. The molecular weight excluding hydrogens is 398 g/mol. The van der Waals surface area contributed by atoms with Gasteiger partial charge in [-0.05, 0) is 45.1 Å². The van der Waals surface area contributed by atoms with Gasteiger partial charge in [-0.1, -0.05) is 5.16 Å². The SMILES string of the molecule is Cc1cnn(Cc2c(C(=O)N(CCCN3CCCC3=O)C3CCOCC3)noc2C)c1. The molecular formula is C22H31N5O4. The van der Waals surface area contributed by atoms with Crippen molar-refractivity contribution < 1.29 is 18.8 Å². The highest BCUT2D eigenvalue weighted by atomic mass is 16.5. The molecule has 0 spiro atoms. The van der Waals surface area contributed by atoms with Crippen LogP contribution in [0.3, 0.4) is 0 Å². The van der Waals surface area contributed by atoms with E-state index in [0.29, 0.717) is 50.7 Å². The summed E-state index contributed by atoms with van der Waals surface area (Å²) in [6.45, 7) is 7.63. The van der Waals surface area contributed by atoms with Crippen molar-refractivity contribution in [3.63, 3.8) is 0 Å². The van der Waals surface area contributed by atoms with Crippen LogP contribution in [0, 0.1) is 13.8 Å². The number of rotatable bonds is 8. The van der Waals surface area contributed by atoms with Crippen LogP contribution in [0.4, 0.5) is 0 Å². The lowest BCUT2D eigenvalue weighted by Crippen LogP contribution is -2.45. The number of ether oxygens (including phenoxy) is 1. The monoisotopic (exact) mass is 429 g/mol. The van der Waals surface area contributed by atoms with E-state index < -0.39 is 0 Å². The maximum atomic E-state index is 13.6. The van der Waals surface area contributed by atoms with Crippen LogP contribution < -0.4 is 0 Å². The molecule has 2 fully saturated rings. The molecule has 0 aliphatic carbocycles. The van der Waals surface area contributed by atoms with E-state index in [4.69, 9.17) is 9.26 Å². The number of hydrogen-bond donors (Lipinski definition) is 0. The smallest absolute Gasteiger partial charge is 0.276 e. The van der Waals surface area contributed by atoms with Crippen LogP contribution in [0.25, 0.3) is 0 Å². The molecule has 2 aliphatic rings. The number of aromatic nitrogens is 3. The first-order valence-electron chi connectivity index (χ1n) is 11.1. The van der Waals surface area contributed by atoms with Gasteiger partial charge in [0.1, 0.15) is 5.76 Å². The van der Waals surface area contributed by atoms with E-state index in [-0.39, 0.29) is 17.9 Å². The quantitative estimate of drug-likeness (QED) is 0.638. The summed E-state index contributed by atoms with van der Waals surface area (Å²) in [5.41, 5.74) is 2.18. The molecule has 2 aromatic heterocycles. The number of likely N-dealkylation sites (tertiary alicyclic amines) is 1. The molecule has 0 aromatic carbocycles. The maximum absolute atomic E-state index is 13.6. The van der Waals surface area contributed by atoms with Crippen molar-refractivity contribution in [2.45, 2.75) is 58.5 Å². The molecule has 9 heteroatoms. The lowest BCUT2D eigenvalue weighted by molar-refractivity contribution is -0.127. The first-order valence-corrected chi connectivity index (χ1v) is 11.1. The second kappa shape index (κ2) is 9.64. The predicted octanol–water partition coefficient (Wildman–Crippen LogP) is 2.17. The van der Waals surface area contributed by atoms with Gasteiger partial charge in [-0.2, -0.15) is 5.10 Å². The molecule has 9 nitrogen and oxygen atoms in total. The Morgan fingerprint density at radius 3 is 2.77 bits per heavy atom. The van der Waals surface area contributed by atoms with Crippen molar-refractivity contribution in [2.24, 2.45) is 0 Å². The zero-order valence-electron chi connectivity index (χ0n) is 18.4. The molecule has 4 heterocycles. The average molecular weight is 430 g/mol. The fraction of sp³-hybridized carbons (Fsp3) is 0.636. The van der Waals surface area contributed by atoms with E-state index >= 15 is 0 Å². The Hall–Kier alpha value is -2.68. The second-order valence-electron chi connectivity index (χ2n) is 8.46. The Labute approximate surface area is 182 Å². The lowest BCUT2D eigenvalue weighted by Gasteiger charge is -2.34. The van der Waals surface area contributed by atoms with Crippen LogP contribution in [0.2, 0.25) is 0 Å². The Morgan fingerprint density at radius 2 is 2.10 bits per heavy atom. The lowest BCUT2D eigenvalue weighted by atomic mass is 10.0. The summed E-state index contributed by atoms with van der Waals surface area (Å²) in [7, 11) is 0. The van der Waals surface area contributed by atoms with Crippen LogP contribution in [-0.4, -0.2) is 75.4 Å². The molecule has 0 atom stereocenters. The zero-order chi connectivity index (χ0) is 21.8. The van der Waals surface area contributed by atoms with E-state index in [9.17, 15) is 9.59 Å². The molecule has 168 valence electrons. The fourth-order valence-electron chi connectivity index (χ4n) is 4.42. The third-order valence-electron chi connectivity index (χ3n) is 6.16. The summed E-state index contributed by atoms with van der Waals surface area (Å²) < 4.78 is 12.7. The molecule has 2 amide bonds. The van der Waals surface area contributed by atoms with E-state index in [1.807, 2.05) is 29.8 Å². The van der Waals surface area contributed by atoms with E-state index in [1.165, 1.54) is 0 Å². The number of hydrogen-bond acceptors (Lipinski definition) is 6. The maximum Gasteiger partial charge on any atom is 0.276 e. The average Bonchev–Trinajstić information content (AvgIpc) is 3.47. The van der Waals surface area contributed by atoms with Crippen LogP contribution in [-0.2, 0) is 16.1 Å². The van der Waals surface area contributed by atoms with Gasteiger partial charge in [-0.15, -0.1) is 0 Å². The third kappa shape index (κ3) is 4.98. The van der Waals surface area contributed by atoms with Gasteiger partial charge in [0.05, 0.1) is 12.7 Å². The van der Waals surface area contributed by atoms with Crippen molar-refractivity contribution in [3.8, 4) is 0 Å². The highest BCUT2D eigenvalue weighted by Gasteiger charge is 2.31. The van der Waals surface area contributed by atoms with Gasteiger partial charge < -0.3 is 19.1 Å². The molecule has 2 aromatic rings. The Kier molecular flexibility index (Phi) is 6.70. The predicted molar refractivity (Wildman–Crippen MR) is 113 cm³/mol. The molecule has 2 saturated heterocycles. The minimum absolute atomic E-state index is 0.104. The van der Waals surface area contributed by atoms with E-state index in [1.54, 1.807) is 10.9 Å². The number of carbonyl (C=O) groups is 2. The van der Waals surface area contributed by atoms with Gasteiger partial charge in [0.25, 0.3) is 5.91 Å². The standard InChI is InChI=1S/C22H31N5O4/c1-16-13-23-26(14-16)15-19-17(2)31-24-21(19)22(29)27(18-6-11-30-12-7-18)10-4-9-25-8-3-5-20(25)28/h13-14,18H,3-12,15H2,1-2H3. The zero-order valence-corrected chi connectivity index (χ0v) is 18.4. The van der Waals surface area contributed by atoms with Crippen molar-refractivity contribution in [1.29, 1.82) is 0 Å². The minimum atomic E-state index is -0.115. The molecule has 0 radical (unpaired) electrons. The van der Waals surface area contributed by atoms with Gasteiger partial charge in [-0.3, -0.25) is 14.3 Å². The highest BCUT2D eigenvalue weighted by Crippen LogP contribution is 2.22. The molecule has 0 unspecified atom stereocenters. The van der Waals surface area contributed by atoms with Crippen molar-refractivity contribution in [2.75, 3.05) is 32.8 Å². The summed E-state index contributed by atoms with van der Waals surface area (Å²) in [4.78, 5) is 29.4. The Bertz CT molecular complexity index is 915. The summed E-state index contributed by atoms with van der Waals surface area (Å²) in [5.74, 6) is 0.731. The van der Waals surface area contributed by atoms with Crippen LogP contribution in [0.15, 0.2) is 16.9 Å². The van der Waals surface area contributed by atoms with Gasteiger partial charge in [-0.25, -0.2) is 0 Å². The number of carbonyl (C=O) groups excluding carboxylic acids is 2. The molecule has 0 N–H and O–H groups in total. The van der Waals surface area contributed by atoms with Crippen molar-refractivity contribution in [1.82, 2.24) is 24.7 Å². The molecule has 4 rings (SSSR count). The van der Waals surface area contributed by atoms with Crippen LogP contribution in [0.5, 0.6) is 0 Å². The summed E-state index contributed by atoms with van der Waals surface area (Å²) in [6, 6.07) is 0.104. The summed E-state index contributed by atoms with van der Waals surface area (Å²) >= 11 is 0. The second-order valence-corrected chi connectivity index (χ2v) is 8.46. The van der Waals surface area contributed by atoms with Crippen molar-refractivity contribution in [3.05, 3.63) is 35.0 Å². The number of amides is 2. The molecule has 0 saturated carbocycles. The largest absolute Gasteiger partial charge is 0.381 e. The van der Waals surface area contributed by atoms with Crippen LogP contribution in [0.1, 0.15) is 59.5 Å². The Balaban J connectivity index is 1.50. The summed E-state index contributed by atoms with van der Waals surface area (Å²) in [6.07, 6.45) is 7.65. The van der Waals surface area contributed by atoms with Gasteiger partial charge in [0.2, 0.25) is 5.91 Å². The molecule has 31 heavy (non-hydrogen) atoms. The highest BCUT2D eigenvalue weighted by molar-refractivity contribution is 5.94. The van der Waals surface area contributed by atoms with Crippen molar-refractivity contribution >= 4 is 11.8 Å². The first kappa shape index (κ1) is 21.5. The third-order valence-corrected chi connectivity index (χ3v) is 6.16. The summed E-state index contributed by atoms with van der Waals surface area (Å²) in [5, 5.41) is 8.46. The van der Waals surface area contributed by atoms with Gasteiger partial charge in [0.15, 0.2) is 5.69 Å². The normalized spacial score (nSPS) is 17.5. The topological polar surface area (TPSA) is 93.7 Å². The fourth-order valence-corrected chi connectivity index (χ4v) is 4.42. The first-order chi connectivity index (χ1) is 15.0. The van der Waals surface area contributed by atoms with E-state index in [0.717, 1.165) is 43.4 Å². The van der Waals surface area contributed by atoms with Crippen LogP contribution >= 0.6 is 0 Å². The van der Waals surface area contributed by atoms with E-state index in [2.05, 4.69) is 10.3 Å². The Morgan fingerprint density at radius 1 is 1.29 bits per heavy atom. The van der Waals surface area contributed by atoms with Gasteiger partial charge >= 0.3 is 0 Å². The molecule has 0 bridgehead atoms. The van der Waals surface area contributed by atoms with Gasteiger partial charge in [0, 0.05) is 57.1 Å². The number of nitrogens with zero attached hydrogens (tertiary/aromatic N) is 5. The molecule has 2 aliphatic heterocycles. The minimum Gasteiger partial charge on any atom is -0.381 e.